The molecule has 0 aromatic heterocycles. The minimum Gasteiger partial charge on any atom is -0.496 e. The molecule has 0 aliphatic carbocycles. The fourth-order valence-corrected chi connectivity index (χ4v) is 2.65. The van der Waals surface area contributed by atoms with Gasteiger partial charge in [0.25, 0.3) is 0 Å². The molecule has 0 amide bonds. The molecular weight excluding hydrogens is 340 g/mol. The van der Waals surface area contributed by atoms with Crippen molar-refractivity contribution in [1.29, 1.82) is 0 Å². The van der Waals surface area contributed by atoms with Gasteiger partial charge in [-0.15, -0.1) is 6.58 Å². The van der Waals surface area contributed by atoms with Gasteiger partial charge in [-0.25, -0.2) is 0 Å². The Morgan fingerprint density at radius 1 is 1.07 bits per heavy atom. The largest absolute Gasteiger partial charge is 0.496 e. The van der Waals surface area contributed by atoms with Gasteiger partial charge < -0.3 is 14.2 Å². The molecule has 2 aromatic carbocycles. The molecule has 2 rings (SSSR count). The van der Waals surface area contributed by atoms with E-state index in [0.29, 0.717) is 30.1 Å². The lowest BCUT2D eigenvalue weighted by atomic mass is 10.0. The van der Waals surface area contributed by atoms with E-state index in [4.69, 9.17) is 14.2 Å². The lowest BCUT2D eigenvalue weighted by Crippen LogP contribution is -1.98. The zero-order valence-corrected chi connectivity index (χ0v) is 16.2. The second-order valence-electron chi connectivity index (χ2n) is 5.97. The van der Waals surface area contributed by atoms with Crippen LogP contribution in [0.4, 0.5) is 0 Å². The van der Waals surface area contributed by atoms with Crippen LogP contribution in [0.2, 0.25) is 0 Å². The molecule has 4 heteroatoms. The number of methoxy groups -OCH3 is 2. The van der Waals surface area contributed by atoms with Crippen molar-refractivity contribution < 1.29 is 19.0 Å². The molecule has 142 valence electrons. The molecule has 0 aliphatic heterocycles. The first-order valence-corrected chi connectivity index (χ1v) is 8.94. The molecule has 27 heavy (non-hydrogen) atoms. The highest BCUT2D eigenvalue weighted by Crippen LogP contribution is 2.31. The highest BCUT2D eigenvalue weighted by atomic mass is 16.5. The first-order chi connectivity index (χ1) is 13.1. The van der Waals surface area contributed by atoms with Crippen molar-refractivity contribution in [2.24, 2.45) is 0 Å². The Morgan fingerprint density at radius 3 is 2.22 bits per heavy atom. The minimum atomic E-state index is -0.0786. The first kappa shape index (κ1) is 20.3. The molecule has 0 atom stereocenters. The van der Waals surface area contributed by atoms with Crippen LogP contribution in [0.1, 0.15) is 34.8 Å². The van der Waals surface area contributed by atoms with Crippen LogP contribution in [0.5, 0.6) is 17.2 Å². The van der Waals surface area contributed by atoms with E-state index in [1.54, 1.807) is 44.6 Å². The van der Waals surface area contributed by atoms with E-state index in [1.165, 1.54) is 0 Å². The summed E-state index contributed by atoms with van der Waals surface area (Å²) in [5, 5.41) is 0. The van der Waals surface area contributed by atoms with Crippen LogP contribution in [0, 0.1) is 0 Å². The maximum absolute atomic E-state index is 12.4. The lowest BCUT2D eigenvalue weighted by molar-refractivity contribution is 0.104. The van der Waals surface area contributed by atoms with Crippen LogP contribution in [0.25, 0.3) is 6.08 Å². The number of carbonyl (C=O) groups excluding carboxylic acids is 1. The number of ketones is 1. The van der Waals surface area contributed by atoms with Crippen LogP contribution < -0.4 is 14.2 Å². The van der Waals surface area contributed by atoms with Crippen molar-refractivity contribution in [2.75, 3.05) is 20.8 Å². The predicted molar refractivity (Wildman–Crippen MR) is 109 cm³/mol. The number of rotatable bonds is 10. The Kier molecular flexibility index (Phi) is 7.68. The summed E-state index contributed by atoms with van der Waals surface area (Å²) in [4.78, 5) is 12.4. The Bertz CT molecular complexity index is 779. The van der Waals surface area contributed by atoms with Gasteiger partial charge in [0.1, 0.15) is 17.2 Å². The van der Waals surface area contributed by atoms with E-state index in [0.717, 1.165) is 23.3 Å². The van der Waals surface area contributed by atoms with Gasteiger partial charge >= 0.3 is 0 Å². The fourth-order valence-electron chi connectivity index (χ4n) is 2.65. The molecule has 0 radical (unpaired) electrons. The number of hydrogen-bond donors (Lipinski definition) is 0. The zero-order valence-electron chi connectivity index (χ0n) is 16.2. The monoisotopic (exact) mass is 366 g/mol. The summed E-state index contributed by atoms with van der Waals surface area (Å²) in [7, 11) is 3.23. The summed E-state index contributed by atoms with van der Waals surface area (Å²) in [6.07, 6.45) is 6.69. The molecule has 0 saturated heterocycles. The second kappa shape index (κ2) is 10.2. The van der Waals surface area contributed by atoms with Crippen molar-refractivity contribution in [3.05, 3.63) is 71.8 Å². The first-order valence-electron chi connectivity index (χ1n) is 8.94. The van der Waals surface area contributed by atoms with Crippen molar-refractivity contribution in [3.8, 4) is 17.2 Å². The summed E-state index contributed by atoms with van der Waals surface area (Å²) in [6, 6.07) is 10.9. The summed E-state index contributed by atoms with van der Waals surface area (Å²) in [5.41, 5.74) is 2.37. The molecule has 2 aromatic rings. The van der Waals surface area contributed by atoms with Crippen LogP contribution in [0.3, 0.4) is 0 Å². The fraction of sp³-hybridized carbons (Fsp3) is 0.261. The number of allylic oxidation sites excluding steroid dienone is 2. The van der Waals surface area contributed by atoms with Gasteiger partial charge in [0, 0.05) is 11.1 Å². The molecule has 0 heterocycles. The topological polar surface area (TPSA) is 44.8 Å². The standard InChI is InChI=1S/C23H26O4/c1-5-7-20-22(25-3)15-17(16-23(20)26-4)8-13-21(24)18-9-11-19(12-10-18)27-14-6-2/h5,8-13,15-16H,1,6-7,14H2,2-4H3/b13-8+. The van der Waals surface area contributed by atoms with Crippen LogP contribution in [0.15, 0.2) is 55.1 Å². The number of benzene rings is 2. The van der Waals surface area contributed by atoms with Crippen molar-refractivity contribution >= 4 is 11.9 Å². The SMILES string of the molecule is C=CCc1c(OC)cc(/C=C/C(=O)c2ccc(OCCC)cc2)cc1OC. The average molecular weight is 366 g/mol. The highest BCUT2D eigenvalue weighted by Gasteiger charge is 2.11. The van der Waals surface area contributed by atoms with Gasteiger partial charge in [0.2, 0.25) is 0 Å². The van der Waals surface area contributed by atoms with Gasteiger partial charge in [-0.2, -0.15) is 0 Å². The zero-order chi connectivity index (χ0) is 19.6. The maximum Gasteiger partial charge on any atom is 0.185 e. The smallest absolute Gasteiger partial charge is 0.185 e. The molecule has 0 aliphatic rings. The van der Waals surface area contributed by atoms with Crippen molar-refractivity contribution in [1.82, 2.24) is 0 Å². The number of carbonyl (C=O) groups is 1. The third-order valence-electron chi connectivity index (χ3n) is 4.02. The normalized spacial score (nSPS) is 10.6. The predicted octanol–water partition coefficient (Wildman–Crippen LogP) is 5.12. The van der Waals surface area contributed by atoms with Crippen molar-refractivity contribution in [3.63, 3.8) is 0 Å². The molecule has 0 bridgehead atoms. The van der Waals surface area contributed by atoms with Gasteiger partial charge in [0.15, 0.2) is 5.78 Å². The third-order valence-corrected chi connectivity index (χ3v) is 4.02. The third kappa shape index (κ3) is 5.48. The van der Waals surface area contributed by atoms with E-state index in [1.807, 2.05) is 24.3 Å². The summed E-state index contributed by atoms with van der Waals surface area (Å²) in [6.45, 7) is 6.48. The summed E-state index contributed by atoms with van der Waals surface area (Å²) in [5.74, 6) is 2.10. The van der Waals surface area contributed by atoms with Gasteiger partial charge in [0.05, 0.1) is 20.8 Å². The molecule has 0 unspecified atom stereocenters. The molecule has 0 spiro atoms. The van der Waals surface area contributed by atoms with E-state index >= 15 is 0 Å². The average Bonchev–Trinajstić information content (AvgIpc) is 2.71. The highest BCUT2D eigenvalue weighted by molar-refractivity contribution is 6.06. The second-order valence-corrected chi connectivity index (χ2v) is 5.97. The Hall–Kier alpha value is -3.01. The molecule has 0 fully saturated rings. The summed E-state index contributed by atoms with van der Waals surface area (Å²) >= 11 is 0. The van der Waals surface area contributed by atoms with E-state index in [-0.39, 0.29) is 5.78 Å². The maximum atomic E-state index is 12.4. The number of ether oxygens (including phenoxy) is 3. The molecule has 0 N–H and O–H groups in total. The minimum absolute atomic E-state index is 0.0786. The lowest BCUT2D eigenvalue weighted by Gasteiger charge is -2.13. The van der Waals surface area contributed by atoms with Crippen molar-refractivity contribution in [2.45, 2.75) is 19.8 Å². The molecule has 4 nitrogen and oxygen atoms in total. The van der Waals surface area contributed by atoms with Gasteiger partial charge in [-0.3, -0.25) is 4.79 Å². The van der Waals surface area contributed by atoms with Gasteiger partial charge in [-0.05, 0) is 60.9 Å². The van der Waals surface area contributed by atoms with Crippen LogP contribution in [-0.4, -0.2) is 26.6 Å². The van der Waals surface area contributed by atoms with Crippen LogP contribution >= 0.6 is 0 Å². The Balaban J connectivity index is 2.18. The van der Waals surface area contributed by atoms with E-state index < -0.39 is 0 Å². The van der Waals surface area contributed by atoms with E-state index in [9.17, 15) is 4.79 Å². The van der Waals surface area contributed by atoms with E-state index in [2.05, 4.69) is 13.5 Å². The molecule has 0 saturated carbocycles. The van der Waals surface area contributed by atoms with Crippen LogP contribution in [-0.2, 0) is 6.42 Å². The molecular formula is C23H26O4. The Morgan fingerprint density at radius 2 is 1.70 bits per heavy atom. The number of hydrogen-bond acceptors (Lipinski definition) is 4. The quantitative estimate of drug-likeness (QED) is 0.333. The van der Waals surface area contributed by atoms with Gasteiger partial charge in [-0.1, -0.05) is 19.1 Å². The Labute approximate surface area is 161 Å². The summed E-state index contributed by atoms with van der Waals surface area (Å²) < 4.78 is 16.5.